The van der Waals surface area contributed by atoms with Gasteiger partial charge in [0.15, 0.2) is 10.4 Å². The zero-order valence-electron chi connectivity index (χ0n) is 14.4. The second kappa shape index (κ2) is 7.22. The Hall–Kier alpha value is -2.55. The van der Waals surface area contributed by atoms with E-state index in [1.807, 2.05) is 29.1 Å². The molecule has 0 fully saturated rings. The monoisotopic (exact) mass is 387 g/mol. The Bertz CT molecular complexity index is 980. The molecule has 2 aromatic heterocycles. The van der Waals surface area contributed by atoms with Crippen LogP contribution in [-0.2, 0) is 27.7 Å². The maximum Gasteiger partial charge on any atom is 0.272 e. The zero-order valence-corrected chi connectivity index (χ0v) is 15.2. The summed E-state index contributed by atoms with van der Waals surface area (Å²) in [4.78, 5) is 4.14. The molecule has 1 aliphatic heterocycles. The van der Waals surface area contributed by atoms with Gasteiger partial charge in [-0.3, -0.25) is 0 Å². The van der Waals surface area contributed by atoms with E-state index in [2.05, 4.69) is 4.98 Å². The molecule has 0 spiro atoms. The van der Waals surface area contributed by atoms with Gasteiger partial charge in [-0.1, -0.05) is 16.3 Å². The van der Waals surface area contributed by atoms with E-state index in [4.69, 9.17) is 4.74 Å². The van der Waals surface area contributed by atoms with Gasteiger partial charge in [0.25, 0.3) is 5.88 Å². The number of aromatic nitrogens is 2. The number of fused-ring (bicyclic) bond motifs is 1. The molecular weight excluding hydrogens is 369 g/mol. The first kappa shape index (κ1) is 17.8. The van der Waals surface area contributed by atoms with Crippen LogP contribution in [0.2, 0.25) is 0 Å². The number of nitrogens with zero attached hydrogens (tertiary/aromatic N) is 3. The number of sulfonamides is 1. The second-order valence-electron chi connectivity index (χ2n) is 6.35. The van der Waals surface area contributed by atoms with Crippen LogP contribution in [0.25, 0.3) is 0 Å². The van der Waals surface area contributed by atoms with Crippen molar-refractivity contribution in [1.82, 2.24) is 13.9 Å². The predicted octanol–water partition coefficient (Wildman–Crippen LogP) is 2.89. The molecule has 140 valence electrons. The summed E-state index contributed by atoms with van der Waals surface area (Å²) in [6, 6.07) is 12.8. The van der Waals surface area contributed by atoms with Crippen molar-refractivity contribution in [3.05, 3.63) is 78.5 Å². The molecule has 3 aromatic rings. The Labute approximate surface area is 157 Å². The molecule has 6 nitrogen and oxygen atoms in total. The second-order valence-corrected chi connectivity index (χ2v) is 8.26. The topological polar surface area (TPSA) is 70.4 Å². The van der Waals surface area contributed by atoms with Gasteiger partial charge in [-0.25, -0.2) is 9.37 Å². The van der Waals surface area contributed by atoms with Crippen LogP contribution in [0, 0.1) is 5.82 Å². The van der Waals surface area contributed by atoms with E-state index >= 15 is 0 Å². The van der Waals surface area contributed by atoms with Crippen molar-refractivity contribution in [3.8, 4) is 5.88 Å². The third-order valence-corrected chi connectivity index (χ3v) is 6.19. The Morgan fingerprint density at radius 3 is 2.81 bits per heavy atom. The van der Waals surface area contributed by atoms with Crippen molar-refractivity contribution in [2.45, 2.75) is 24.1 Å². The van der Waals surface area contributed by atoms with E-state index in [1.165, 1.54) is 28.7 Å². The fourth-order valence-electron chi connectivity index (χ4n) is 3.13. The van der Waals surface area contributed by atoms with Crippen molar-refractivity contribution in [2.24, 2.45) is 0 Å². The van der Waals surface area contributed by atoms with Crippen LogP contribution < -0.4 is 4.74 Å². The number of halogens is 1. The highest BCUT2D eigenvalue weighted by atomic mass is 32.3. The number of pyridine rings is 1. The average Bonchev–Trinajstić information content (AvgIpc) is 3.11. The highest BCUT2D eigenvalue weighted by Gasteiger charge is 2.40. The summed E-state index contributed by atoms with van der Waals surface area (Å²) < 4.78 is 49.1. The van der Waals surface area contributed by atoms with Gasteiger partial charge < -0.3 is 13.9 Å². The van der Waals surface area contributed by atoms with E-state index in [9.17, 15) is 13.2 Å². The van der Waals surface area contributed by atoms with Crippen molar-refractivity contribution in [2.75, 3.05) is 6.54 Å². The average molecular weight is 387 g/mol. The third kappa shape index (κ3) is 3.78. The molecule has 0 aliphatic carbocycles. The number of hydrogen-bond donors (Lipinski definition) is 0. The first-order valence-corrected chi connectivity index (χ1v) is 9.93. The maximum atomic E-state index is 13.6. The highest BCUT2D eigenvalue weighted by Crippen LogP contribution is 2.33. The molecule has 0 saturated carbocycles. The predicted molar refractivity (Wildman–Crippen MR) is 97.0 cm³/mol. The van der Waals surface area contributed by atoms with Gasteiger partial charge in [0.05, 0.1) is 19.6 Å². The van der Waals surface area contributed by atoms with Gasteiger partial charge in [-0.2, -0.15) is 0 Å². The fourth-order valence-corrected chi connectivity index (χ4v) is 4.66. The standard InChI is InChI=1S/C19H18FN3O3S/c20-16-6-3-5-15(11-16)12-23-14-17(13-22-9-1-2-10-22)26-19-18(27(23,24)25)7-4-8-21-19/h1-11,17H,12-14H2. The number of rotatable bonds is 4. The van der Waals surface area contributed by atoms with Gasteiger partial charge in [-0.15, -0.1) is 4.31 Å². The summed E-state index contributed by atoms with van der Waals surface area (Å²) in [6.45, 7) is 0.658. The van der Waals surface area contributed by atoms with E-state index < -0.39 is 22.3 Å². The number of benzene rings is 1. The minimum Gasteiger partial charge on any atom is -0.593 e. The summed E-state index contributed by atoms with van der Waals surface area (Å²) in [7, 11) is -3.83. The molecule has 3 heterocycles. The van der Waals surface area contributed by atoms with Gasteiger partial charge in [0, 0.05) is 24.7 Å². The van der Waals surface area contributed by atoms with Gasteiger partial charge in [-0.05, 0) is 35.9 Å². The smallest absolute Gasteiger partial charge is 0.272 e. The summed E-state index contributed by atoms with van der Waals surface area (Å²) in [5.74, 6) is -0.307. The first-order chi connectivity index (χ1) is 13.0. The molecule has 1 aliphatic rings. The maximum absolute atomic E-state index is 13.6. The Balaban J connectivity index is 1.70. The third-order valence-electron chi connectivity index (χ3n) is 4.37. The van der Waals surface area contributed by atoms with E-state index in [1.54, 1.807) is 18.2 Å². The summed E-state index contributed by atoms with van der Waals surface area (Å²) in [6.07, 6.45) is 4.85. The molecule has 1 aromatic carbocycles. The van der Waals surface area contributed by atoms with E-state index in [0.29, 0.717) is 12.1 Å². The van der Waals surface area contributed by atoms with Crippen LogP contribution in [0.15, 0.2) is 72.0 Å². The van der Waals surface area contributed by atoms with Crippen LogP contribution >= 0.6 is 0 Å². The van der Waals surface area contributed by atoms with Crippen molar-refractivity contribution in [1.29, 1.82) is 0 Å². The van der Waals surface area contributed by atoms with Gasteiger partial charge in [0.2, 0.25) is 4.90 Å². The molecule has 0 radical (unpaired) electrons. The Kier molecular flexibility index (Phi) is 4.77. The van der Waals surface area contributed by atoms with Crippen molar-refractivity contribution in [3.63, 3.8) is 0 Å². The summed E-state index contributed by atoms with van der Waals surface area (Å²) in [5.41, 5.74) is 0.575. The molecule has 0 bridgehead atoms. The van der Waals surface area contributed by atoms with Crippen LogP contribution in [0.5, 0.6) is 5.88 Å². The van der Waals surface area contributed by atoms with Crippen molar-refractivity contribution >= 4 is 10.4 Å². The molecule has 8 heteroatoms. The van der Waals surface area contributed by atoms with Crippen LogP contribution in [0.4, 0.5) is 4.39 Å². The molecule has 2 atom stereocenters. The molecular formula is C19H18FN3O3S. The SMILES string of the molecule is O=[S+]1([O-])c2cccnc2OC(Cn2cccc2)CN1Cc1cccc(F)c1. The van der Waals surface area contributed by atoms with E-state index in [0.717, 1.165) is 0 Å². The lowest BCUT2D eigenvalue weighted by molar-refractivity contribution is 0.146. The Morgan fingerprint density at radius 1 is 1.22 bits per heavy atom. The van der Waals surface area contributed by atoms with Gasteiger partial charge >= 0.3 is 0 Å². The van der Waals surface area contributed by atoms with Gasteiger partial charge in [0.1, 0.15) is 11.9 Å². The number of ether oxygens (including phenoxy) is 1. The van der Waals surface area contributed by atoms with Crippen LogP contribution in [-0.4, -0.2) is 31.1 Å². The minimum absolute atomic E-state index is 0.0245. The molecule has 2 unspecified atom stereocenters. The zero-order chi connectivity index (χ0) is 18.9. The fraction of sp³-hybridized carbons (Fsp3) is 0.211. The van der Waals surface area contributed by atoms with Crippen LogP contribution in [0.1, 0.15) is 5.56 Å². The summed E-state index contributed by atoms with van der Waals surface area (Å²) >= 11 is 0. The minimum atomic E-state index is -3.83. The van der Waals surface area contributed by atoms with E-state index in [-0.39, 0.29) is 23.9 Å². The first-order valence-electron chi connectivity index (χ1n) is 8.49. The normalized spacial score (nSPS) is 22.7. The molecule has 0 N–H and O–H groups in total. The molecule has 0 amide bonds. The largest absolute Gasteiger partial charge is 0.593 e. The molecule has 4 rings (SSSR count). The lowest BCUT2D eigenvalue weighted by Crippen LogP contribution is -2.41. The van der Waals surface area contributed by atoms with Crippen LogP contribution in [0.3, 0.4) is 0 Å². The number of hydrogen-bond acceptors (Lipinski definition) is 4. The Morgan fingerprint density at radius 2 is 2.04 bits per heavy atom. The van der Waals surface area contributed by atoms with Crippen molar-refractivity contribution < 1.29 is 17.9 Å². The lowest BCUT2D eigenvalue weighted by atomic mass is 10.2. The molecule has 27 heavy (non-hydrogen) atoms. The summed E-state index contributed by atoms with van der Waals surface area (Å²) in [5, 5.41) is 0. The highest BCUT2D eigenvalue weighted by molar-refractivity contribution is 7.95. The quantitative estimate of drug-likeness (QED) is 0.646. The molecule has 0 saturated heterocycles. The lowest BCUT2D eigenvalue weighted by Gasteiger charge is -2.26.